The normalized spacial score (nSPS) is 12.3. The standard InChI is InChI=1S/C7H14N2O3/c1-4(2)8-7(12)9-5(3)6(10)11/h4-5H,1-3H3,(H,10,11)(H2,8,9,12). The van der Waals surface area contributed by atoms with E-state index in [1.54, 1.807) is 13.8 Å². The van der Waals surface area contributed by atoms with E-state index in [9.17, 15) is 9.59 Å². The van der Waals surface area contributed by atoms with Crippen molar-refractivity contribution in [2.45, 2.75) is 32.9 Å². The molecule has 1 unspecified atom stereocenters. The highest BCUT2D eigenvalue weighted by Gasteiger charge is 2.13. The molecule has 3 N–H and O–H groups in total. The lowest BCUT2D eigenvalue weighted by Gasteiger charge is -2.12. The van der Waals surface area contributed by atoms with Gasteiger partial charge in [0.1, 0.15) is 6.04 Å². The molecular formula is C7H14N2O3. The van der Waals surface area contributed by atoms with Gasteiger partial charge in [0, 0.05) is 6.04 Å². The summed E-state index contributed by atoms with van der Waals surface area (Å²) in [5, 5.41) is 13.2. The van der Waals surface area contributed by atoms with Crippen molar-refractivity contribution in [2.24, 2.45) is 0 Å². The van der Waals surface area contributed by atoms with Crippen LogP contribution >= 0.6 is 0 Å². The van der Waals surface area contributed by atoms with E-state index in [1.807, 2.05) is 0 Å². The summed E-state index contributed by atoms with van der Waals surface area (Å²) < 4.78 is 0. The lowest BCUT2D eigenvalue weighted by molar-refractivity contribution is -0.138. The average Bonchev–Trinajstić information content (AvgIpc) is 1.84. The number of hydrogen-bond donors (Lipinski definition) is 3. The zero-order valence-corrected chi connectivity index (χ0v) is 7.42. The Morgan fingerprint density at radius 1 is 1.17 bits per heavy atom. The van der Waals surface area contributed by atoms with Gasteiger partial charge < -0.3 is 15.7 Å². The fourth-order valence-electron chi connectivity index (χ4n) is 0.562. The van der Waals surface area contributed by atoms with Crippen molar-refractivity contribution in [2.75, 3.05) is 0 Å². The van der Waals surface area contributed by atoms with Crippen LogP contribution in [-0.2, 0) is 4.79 Å². The van der Waals surface area contributed by atoms with Crippen molar-refractivity contribution in [3.63, 3.8) is 0 Å². The minimum atomic E-state index is -1.05. The van der Waals surface area contributed by atoms with Gasteiger partial charge in [0.25, 0.3) is 0 Å². The Morgan fingerprint density at radius 2 is 1.67 bits per heavy atom. The Kier molecular flexibility index (Phi) is 4.10. The molecule has 0 spiro atoms. The van der Waals surface area contributed by atoms with Crippen LogP contribution < -0.4 is 10.6 Å². The zero-order chi connectivity index (χ0) is 9.72. The number of carboxylic acid groups (broad SMARTS) is 1. The molecule has 0 aromatic carbocycles. The first kappa shape index (κ1) is 10.7. The van der Waals surface area contributed by atoms with Crippen LogP contribution in [0.15, 0.2) is 0 Å². The Balaban J connectivity index is 3.77. The fraction of sp³-hybridized carbons (Fsp3) is 0.714. The maximum absolute atomic E-state index is 10.9. The van der Waals surface area contributed by atoms with E-state index in [1.165, 1.54) is 6.92 Å². The van der Waals surface area contributed by atoms with Gasteiger partial charge in [0.15, 0.2) is 0 Å². The van der Waals surface area contributed by atoms with Crippen molar-refractivity contribution in [3.8, 4) is 0 Å². The van der Waals surface area contributed by atoms with E-state index in [4.69, 9.17) is 5.11 Å². The number of carboxylic acids is 1. The van der Waals surface area contributed by atoms with Crippen LogP contribution in [0.1, 0.15) is 20.8 Å². The van der Waals surface area contributed by atoms with E-state index in [2.05, 4.69) is 10.6 Å². The van der Waals surface area contributed by atoms with Gasteiger partial charge in [-0.15, -0.1) is 0 Å². The van der Waals surface area contributed by atoms with Crippen LogP contribution in [0, 0.1) is 0 Å². The highest BCUT2D eigenvalue weighted by molar-refractivity contribution is 5.82. The molecule has 0 fully saturated rings. The number of amides is 2. The lowest BCUT2D eigenvalue weighted by Crippen LogP contribution is -2.46. The van der Waals surface area contributed by atoms with Crippen LogP contribution in [0.2, 0.25) is 0 Å². The van der Waals surface area contributed by atoms with Crippen molar-refractivity contribution in [1.29, 1.82) is 0 Å². The summed E-state index contributed by atoms with van der Waals surface area (Å²) in [4.78, 5) is 21.2. The predicted molar refractivity (Wildman–Crippen MR) is 43.9 cm³/mol. The Labute approximate surface area is 71.1 Å². The van der Waals surface area contributed by atoms with E-state index >= 15 is 0 Å². The van der Waals surface area contributed by atoms with Gasteiger partial charge in [0.05, 0.1) is 0 Å². The van der Waals surface area contributed by atoms with E-state index in [0.717, 1.165) is 0 Å². The highest BCUT2D eigenvalue weighted by atomic mass is 16.4. The molecule has 0 aromatic heterocycles. The first-order valence-corrected chi connectivity index (χ1v) is 3.73. The summed E-state index contributed by atoms with van der Waals surface area (Å²) in [7, 11) is 0. The van der Waals surface area contributed by atoms with Gasteiger partial charge in [0.2, 0.25) is 0 Å². The molecule has 0 heterocycles. The summed E-state index contributed by atoms with van der Waals surface area (Å²) in [5.41, 5.74) is 0. The molecule has 12 heavy (non-hydrogen) atoms. The molecule has 2 amide bonds. The average molecular weight is 174 g/mol. The summed E-state index contributed by atoms with van der Waals surface area (Å²) >= 11 is 0. The minimum absolute atomic E-state index is 0.00555. The molecule has 0 aromatic rings. The van der Waals surface area contributed by atoms with Gasteiger partial charge in [-0.1, -0.05) is 0 Å². The third-order valence-electron chi connectivity index (χ3n) is 1.14. The molecule has 5 nitrogen and oxygen atoms in total. The fourth-order valence-corrected chi connectivity index (χ4v) is 0.562. The second-order valence-corrected chi connectivity index (χ2v) is 2.83. The number of urea groups is 1. The minimum Gasteiger partial charge on any atom is -0.480 e. The SMILES string of the molecule is CC(C)NC(=O)NC(C)C(=O)O. The topological polar surface area (TPSA) is 78.4 Å². The first-order chi connectivity index (χ1) is 5.43. The molecular weight excluding hydrogens is 160 g/mol. The number of aliphatic carboxylic acids is 1. The van der Waals surface area contributed by atoms with E-state index in [0.29, 0.717) is 0 Å². The van der Waals surface area contributed by atoms with Gasteiger partial charge in [-0.3, -0.25) is 4.79 Å². The molecule has 0 saturated carbocycles. The second kappa shape index (κ2) is 4.58. The van der Waals surface area contributed by atoms with Crippen molar-refractivity contribution < 1.29 is 14.7 Å². The van der Waals surface area contributed by atoms with Crippen LogP contribution in [0.3, 0.4) is 0 Å². The van der Waals surface area contributed by atoms with Crippen LogP contribution in [-0.4, -0.2) is 29.2 Å². The molecule has 0 aliphatic heterocycles. The van der Waals surface area contributed by atoms with Crippen molar-refractivity contribution in [3.05, 3.63) is 0 Å². The number of rotatable bonds is 3. The summed E-state index contributed by atoms with van der Waals surface area (Å²) in [6.45, 7) is 5.00. The van der Waals surface area contributed by atoms with Gasteiger partial charge in [-0.2, -0.15) is 0 Å². The number of nitrogens with one attached hydrogen (secondary N) is 2. The quantitative estimate of drug-likeness (QED) is 0.570. The van der Waals surface area contributed by atoms with Gasteiger partial charge >= 0.3 is 12.0 Å². The smallest absolute Gasteiger partial charge is 0.325 e. The molecule has 1 atom stereocenters. The van der Waals surface area contributed by atoms with Crippen LogP contribution in [0.25, 0.3) is 0 Å². The van der Waals surface area contributed by atoms with Crippen molar-refractivity contribution >= 4 is 12.0 Å². The Morgan fingerprint density at radius 3 is 2.00 bits per heavy atom. The summed E-state index contributed by atoms with van der Waals surface area (Å²) in [6, 6.07) is -1.31. The monoisotopic (exact) mass is 174 g/mol. The van der Waals surface area contributed by atoms with Crippen LogP contribution in [0.5, 0.6) is 0 Å². The van der Waals surface area contributed by atoms with E-state index < -0.39 is 18.0 Å². The molecule has 70 valence electrons. The number of hydrogen-bond acceptors (Lipinski definition) is 2. The Hall–Kier alpha value is -1.26. The molecule has 0 rings (SSSR count). The van der Waals surface area contributed by atoms with Crippen LogP contribution in [0.4, 0.5) is 4.79 Å². The summed E-state index contributed by atoms with van der Waals surface area (Å²) in [5.74, 6) is -1.05. The maximum Gasteiger partial charge on any atom is 0.325 e. The zero-order valence-electron chi connectivity index (χ0n) is 7.42. The third-order valence-corrected chi connectivity index (χ3v) is 1.14. The summed E-state index contributed by atoms with van der Waals surface area (Å²) in [6.07, 6.45) is 0. The largest absolute Gasteiger partial charge is 0.480 e. The molecule has 0 bridgehead atoms. The molecule has 0 saturated heterocycles. The van der Waals surface area contributed by atoms with Gasteiger partial charge in [-0.05, 0) is 20.8 Å². The lowest BCUT2D eigenvalue weighted by atomic mass is 10.3. The molecule has 5 heteroatoms. The molecule has 0 aliphatic rings. The molecule has 0 radical (unpaired) electrons. The predicted octanol–water partition coefficient (Wildman–Crippen LogP) is 0.167. The molecule has 0 aliphatic carbocycles. The number of carbonyl (C=O) groups is 2. The van der Waals surface area contributed by atoms with Gasteiger partial charge in [-0.25, -0.2) is 4.79 Å². The van der Waals surface area contributed by atoms with Crippen molar-refractivity contribution in [1.82, 2.24) is 10.6 Å². The maximum atomic E-state index is 10.9. The van der Waals surface area contributed by atoms with E-state index in [-0.39, 0.29) is 6.04 Å². The highest BCUT2D eigenvalue weighted by Crippen LogP contribution is 1.82. The first-order valence-electron chi connectivity index (χ1n) is 3.73. The second-order valence-electron chi connectivity index (χ2n) is 2.83. The Bertz CT molecular complexity index is 179. The third kappa shape index (κ3) is 4.54. The number of carbonyl (C=O) groups excluding carboxylic acids is 1.